The number of hydrogen-bond acceptors (Lipinski definition) is 0. The van der Waals surface area contributed by atoms with Crippen LogP contribution in [-0.2, 0) is 0 Å². The Morgan fingerprint density at radius 3 is 1.34 bits per heavy atom. The second kappa shape index (κ2) is 9.93. The minimum absolute atomic E-state index is 0.218. The third-order valence-corrected chi connectivity index (χ3v) is 14.2. The predicted octanol–water partition coefficient (Wildman–Crippen LogP) is 5.77. The summed E-state index contributed by atoms with van der Waals surface area (Å²) < 4.78 is 0. The molecule has 32 heavy (non-hydrogen) atoms. The zero-order valence-electron chi connectivity index (χ0n) is 20.8. The van der Waals surface area contributed by atoms with E-state index in [1.54, 1.807) is 5.30 Å². The summed E-state index contributed by atoms with van der Waals surface area (Å²) in [4.78, 5) is 0. The molecule has 0 nitrogen and oxygen atoms in total. The summed E-state index contributed by atoms with van der Waals surface area (Å²) >= 11 is 0. The molecule has 0 amide bonds. The van der Waals surface area contributed by atoms with E-state index in [2.05, 4.69) is 135 Å². The quantitative estimate of drug-likeness (QED) is 0.401. The van der Waals surface area contributed by atoms with Crippen molar-refractivity contribution in [2.24, 2.45) is 0 Å². The number of rotatable bonds is 4. The molecule has 0 radical (unpaired) electrons. The van der Waals surface area contributed by atoms with Crippen molar-refractivity contribution in [3.05, 3.63) is 71.8 Å². The summed E-state index contributed by atoms with van der Waals surface area (Å²) in [6, 6.07) is 22.2. The van der Waals surface area contributed by atoms with Gasteiger partial charge in [-0.3, -0.25) is 0 Å². The fourth-order valence-corrected chi connectivity index (χ4v) is 13.2. The Hall–Kier alpha value is -0.620. The van der Waals surface area contributed by atoms with Crippen LogP contribution in [0.25, 0.3) is 0 Å². The van der Waals surface area contributed by atoms with Crippen molar-refractivity contribution >= 4 is 66.2 Å². The molecule has 0 N–H and O–H groups in total. The van der Waals surface area contributed by atoms with E-state index in [0.717, 1.165) is 0 Å². The van der Waals surface area contributed by atoms with Crippen LogP contribution in [0.2, 0.25) is 0 Å². The highest BCUT2D eigenvalue weighted by Gasteiger charge is 2.39. The van der Waals surface area contributed by atoms with Crippen LogP contribution in [0.5, 0.6) is 0 Å². The third-order valence-electron chi connectivity index (χ3n) is 5.83. The highest BCUT2D eigenvalue weighted by molar-refractivity contribution is 7.80. The van der Waals surface area contributed by atoms with E-state index in [4.69, 9.17) is 0 Å². The molecule has 0 heterocycles. The molecule has 0 bridgehead atoms. The topological polar surface area (TPSA) is 0 Å². The lowest BCUT2D eigenvalue weighted by molar-refractivity contribution is 0.715. The van der Waals surface area contributed by atoms with Gasteiger partial charge in [0.25, 0.3) is 0 Å². The summed E-state index contributed by atoms with van der Waals surface area (Å²) in [5, 5.41) is 9.13. The molecular weight excluding hydrogens is 460 g/mol. The minimum Gasteiger partial charge on any atom is -0.105 e. The maximum absolute atomic E-state index is 3.11. The average molecular weight is 499 g/mol. The van der Waals surface area contributed by atoms with Gasteiger partial charge in [-0.25, -0.2) is 0 Å². The Morgan fingerprint density at radius 2 is 0.969 bits per heavy atom. The van der Waals surface area contributed by atoms with E-state index >= 15 is 0 Å². The summed E-state index contributed by atoms with van der Waals surface area (Å²) in [7, 11) is 5.14. The summed E-state index contributed by atoms with van der Waals surface area (Å²) in [5.74, 6) is 0. The Balaban J connectivity index is 2.43. The largest absolute Gasteiger partial charge is 0.105 e. The SMILES string of the molecule is Cc1c(P)c(P)c(P(C(C)(C)C)C(C)(C)C)c(C)c1P(c1ccccc1)c1ccccc1. The standard InChI is InChI=1S/C28H38P4/c1-19-23(29)24(30)26(32(27(3,4)5)28(6,7)8)20(2)25(19)31(21-15-11-9-12-16-21)22-17-13-10-14-18-22/h9-18H,29-30H2,1-8H3. The van der Waals surface area contributed by atoms with Gasteiger partial charge in [0.15, 0.2) is 0 Å². The molecule has 0 spiro atoms. The zero-order chi connectivity index (χ0) is 23.8. The van der Waals surface area contributed by atoms with Crippen molar-refractivity contribution in [1.29, 1.82) is 0 Å². The van der Waals surface area contributed by atoms with Crippen molar-refractivity contribution in [3.63, 3.8) is 0 Å². The van der Waals surface area contributed by atoms with Crippen LogP contribution in [0.4, 0.5) is 0 Å². The molecule has 0 saturated carbocycles. The van der Waals surface area contributed by atoms with Gasteiger partial charge in [0.1, 0.15) is 0 Å². The van der Waals surface area contributed by atoms with E-state index in [-0.39, 0.29) is 10.3 Å². The first-order valence-corrected chi connectivity index (χ1v) is 15.1. The van der Waals surface area contributed by atoms with Crippen LogP contribution in [-0.4, -0.2) is 10.3 Å². The van der Waals surface area contributed by atoms with Crippen LogP contribution in [0.3, 0.4) is 0 Å². The van der Waals surface area contributed by atoms with E-state index in [0.29, 0.717) is 0 Å². The normalized spacial score (nSPS) is 12.6. The smallest absolute Gasteiger partial charge is 0.00796 e. The van der Waals surface area contributed by atoms with Crippen molar-refractivity contribution in [1.82, 2.24) is 0 Å². The van der Waals surface area contributed by atoms with Crippen molar-refractivity contribution < 1.29 is 0 Å². The molecule has 170 valence electrons. The molecule has 0 aromatic heterocycles. The molecule has 0 aliphatic rings. The van der Waals surface area contributed by atoms with E-state index in [1.165, 1.54) is 37.6 Å². The summed E-state index contributed by atoms with van der Waals surface area (Å²) in [6.45, 7) is 19.3. The van der Waals surface area contributed by atoms with Crippen molar-refractivity contribution in [3.8, 4) is 0 Å². The first-order chi connectivity index (χ1) is 14.9. The molecule has 0 aliphatic carbocycles. The maximum Gasteiger partial charge on any atom is -0.00796 e. The molecule has 2 atom stereocenters. The Bertz CT molecular complexity index is 1020. The Kier molecular flexibility index (Phi) is 8.07. The molecule has 0 fully saturated rings. The van der Waals surface area contributed by atoms with Crippen molar-refractivity contribution in [2.75, 3.05) is 0 Å². The fraction of sp³-hybridized carbons (Fsp3) is 0.357. The third kappa shape index (κ3) is 5.21. The minimum atomic E-state index is -0.641. The second-order valence-corrected chi connectivity index (χ2v) is 17.6. The lowest BCUT2D eigenvalue weighted by Gasteiger charge is -2.44. The van der Waals surface area contributed by atoms with E-state index in [9.17, 15) is 0 Å². The fourth-order valence-electron chi connectivity index (χ4n) is 4.91. The van der Waals surface area contributed by atoms with Crippen LogP contribution in [0.1, 0.15) is 52.7 Å². The first-order valence-electron chi connectivity index (χ1n) is 11.2. The van der Waals surface area contributed by atoms with Gasteiger partial charge in [-0.2, -0.15) is 0 Å². The highest BCUT2D eigenvalue weighted by Crippen LogP contribution is 2.58. The Morgan fingerprint density at radius 1 is 0.562 bits per heavy atom. The predicted molar refractivity (Wildman–Crippen MR) is 159 cm³/mol. The van der Waals surface area contributed by atoms with Crippen LogP contribution >= 0.6 is 34.3 Å². The van der Waals surface area contributed by atoms with E-state index < -0.39 is 15.8 Å². The monoisotopic (exact) mass is 498 g/mol. The summed E-state index contributed by atoms with van der Waals surface area (Å²) in [5.41, 5.74) is 2.91. The van der Waals surface area contributed by atoms with Gasteiger partial charge in [-0.05, 0) is 75.0 Å². The van der Waals surface area contributed by atoms with Crippen LogP contribution in [0.15, 0.2) is 60.7 Å². The molecule has 0 aliphatic heterocycles. The van der Waals surface area contributed by atoms with Gasteiger partial charge in [0.05, 0.1) is 0 Å². The molecule has 3 aromatic rings. The van der Waals surface area contributed by atoms with Gasteiger partial charge in [-0.15, -0.1) is 18.5 Å². The molecule has 3 aromatic carbocycles. The lowest BCUT2D eigenvalue weighted by Crippen LogP contribution is -2.45. The van der Waals surface area contributed by atoms with Gasteiger partial charge in [0, 0.05) is 0 Å². The van der Waals surface area contributed by atoms with Crippen LogP contribution in [0, 0.1) is 13.8 Å². The average Bonchev–Trinajstić information content (AvgIpc) is 2.72. The number of benzene rings is 3. The number of hydrogen-bond donors (Lipinski definition) is 0. The van der Waals surface area contributed by atoms with Crippen LogP contribution < -0.4 is 31.8 Å². The highest BCUT2D eigenvalue weighted by atomic mass is 31.1. The van der Waals surface area contributed by atoms with Gasteiger partial charge >= 0.3 is 0 Å². The maximum atomic E-state index is 3.11. The molecule has 0 saturated heterocycles. The van der Waals surface area contributed by atoms with Gasteiger partial charge < -0.3 is 0 Å². The molecule has 2 unspecified atom stereocenters. The van der Waals surface area contributed by atoms with Gasteiger partial charge in [0.2, 0.25) is 0 Å². The van der Waals surface area contributed by atoms with Crippen molar-refractivity contribution in [2.45, 2.75) is 65.7 Å². The summed E-state index contributed by atoms with van der Waals surface area (Å²) in [6.07, 6.45) is 0. The lowest BCUT2D eigenvalue weighted by atomic mass is 10.1. The zero-order valence-corrected chi connectivity index (χ0v) is 24.9. The van der Waals surface area contributed by atoms with Gasteiger partial charge in [-0.1, -0.05) is 110 Å². The molecular formula is C28H38P4. The van der Waals surface area contributed by atoms with E-state index in [1.807, 2.05) is 0 Å². The molecule has 3 rings (SSSR count). The molecule has 4 heteroatoms. The Labute approximate surface area is 203 Å². The first kappa shape index (κ1) is 26.0. The second-order valence-electron chi connectivity index (χ2n) is 10.5.